The van der Waals surface area contributed by atoms with Crippen molar-refractivity contribution in [2.24, 2.45) is 0 Å². The van der Waals surface area contributed by atoms with E-state index in [1.54, 1.807) is 0 Å². The zero-order valence-corrected chi connectivity index (χ0v) is 11.3. The minimum atomic E-state index is 0.180. The number of ketones is 1. The van der Waals surface area contributed by atoms with Gasteiger partial charge in [-0.25, -0.2) is 0 Å². The van der Waals surface area contributed by atoms with Gasteiger partial charge in [-0.1, -0.05) is 28.1 Å². The normalized spacial score (nSPS) is 17.7. The fraction of sp³-hybridized carbons (Fsp3) is 0.462. The zero-order valence-electron chi connectivity index (χ0n) is 9.69. The first-order chi connectivity index (χ1) is 8.25. The third-order valence-electron chi connectivity index (χ3n) is 2.85. The van der Waals surface area contributed by atoms with E-state index in [9.17, 15) is 4.79 Å². The van der Waals surface area contributed by atoms with Gasteiger partial charge >= 0.3 is 0 Å². The quantitative estimate of drug-likeness (QED) is 0.802. The largest absolute Gasteiger partial charge is 0.380 e. The first kappa shape index (κ1) is 12.7. The molecule has 2 rings (SSSR count). The van der Waals surface area contributed by atoms with Gasteiger partial charge in [0.15, 0.2) is 5.78 Å². The molecule has 1 aromatic carbocycles. The van der Waals surface area contributed by atoms with Gasteiger partial charge in [0.1, 0.15) is 0 Å². The Balaban J connectivity index is 1.93. The van der Waals surface area contributed by atoms with E-state index in [0.29, 0.717) is 6.54 Å². The van der Waals surface area contributed by atoms with E-state index in [1.165, 1.54) is 0 Å². The van der Waals surface area contributed by atoms with Crippen LogP contribution < -0.4 is 0 Å². The number of ether oxygens (including phenoxy) is 1. The molecule has 0 atom stereocenters. The van der Waals surface area contributed by atoms with Gasteiger partial charge in [0.25, 0.3) is 0 Å². The maximum Gasteiger partial charge on any atom is 0.176 e. The minimum absolute atomic E-state index is 0.180. The van der Waals surface area contributed by atoms with Crippen molar-refractivity contribution in [2.75, 3.05) is 32.8 Å². The number of rotatable bonds is 3. The van der Waals surface area contributed by atoms with Gasteiger partial charge in [-0.2, -0.15) is 0 Å². The number of nitrogens with zero attached hydrogens (tertiary/aromatic N) is 1. The minimum Gasteiger partial charge on any atom is -0.380 e. The van der Waals surface area contributed by atoms with Gasteiger partial charge in [-0.05, 0) is 18.6 Å². The van der Waals surface area contributed by atoms with Crippen molar-refractivity contribution in [3.8, 4) is 0 Å². The molecule has 0 saturated carbocycles. The van der Waals surface area contributed by atoms with Gasteiger partial charge in [0.05, 0.1) is 13.2 Å². The van der Waals surface area contributed by atoms with E-state index in [1.807, 2.05) is 24.3 Å². The van der Waals surface area contributed by atoms with E-state index >= 15 is 0 Å². The predicted octanol–water partition coefficient (Wildman–Crippen LogP) is 2.35. The van der Waals surface area contributed by atoms with Crippen LogP contribution in [-0.2, 0) is 4.74 Å². The number of carbonyl (C=O) groups is 1. The summed E-state index contributed by atoms with van der Waals surface area (Å²) in [5.74, 6) is 0.180. The van der Waals surface area contributed by atoms with Crippen LogP contribution in [0.3, 0.4) is 0 Å². The van der Waals surface area contributed by atoms with Gasteiger partial charge < -0.3 is 4.74 Å². The van der Waals surface area contributed by atoms with Gasteiger partial charge in [0, 0.05) is 29.7 Å². The summed E-state index contributed by atoms with van der Waals surface area (Å²) >= 11 is 3.37. The zero-order chi connectivity index (χ0) is 12.1. The van der Waals surface area contributed by atoms with Crippen LogP contribution in [0.25, 0.3) is 0 Å². The number of carbonyl (C=O) groups excluding carboxylic acids is 1. The van der Waals surface area contributed by atoms with Crippen LogP contribution in [0.15, 0.2) is 28.7 Å². The summed E-state index contributed by atoms with van der Waals surface area (Å²) < 4.78 is 6.37. The summed E-state index contributed by atoms with van der Waals surface area (Å²) in [6.45, 7) is 3.83. The molecule has 0 bridgehead atoms. The van der Waals surface area contributed by atoms with Crippen molar-refractivity contribution in [1.29, 1.82) is 0 Å². The highest BCUT2D eigenvalue weighted by Gasteiger charge is 2.14. The summed E-state index contributed by atoms with van der Waals surface area (Å²) in [6.07, 6.45) is 1.01. The maximum absolute atomic E-state index is 12.0. The number of hydrogen-bond donors (Lipinski definition) is 0. The monoisotopic (exact) mass is 297 g/mol. The first-order valence-electron chi connectivity index (χ1n) is 5.84. The lowest BCUT2D eigenvalue weighted by molar-refractivity contribution is 0.0922. The first-order valence-corrected chi connectivity index (χ1v) is 6.64. The van der Waals surface area contributed by atoms with Crippen molar-refractivity contribution in [1.82, 2.24) is 4.90 Å². The summed E-state index contributed by atoms with van der Waals surface area (Å²) in [6, 6.07) is 7.53. The standard InChI is InChI=1S/C13H16BrNO2/c14-12-4-2-11(3-5-12)13(16)10-15-6-1-8-17-9-7-15/h2-5H,1,6-10H2. The molecule has 4 heteroatoms. The molecule has 3 nitrogen and oxygen atoms in total. The lowest BCUT2D eigenvalue weighted by Gasteiger charge is -2.17. The topological polar surface area (TPSA) is 29.5 Å². The Morgan fingerprint density at radius 2 is 2.00 bits per heavy atom. The second-order valence-electron chi connectivity index (χ2n) is 4.17. The van der Waals surface area contributed by atoms with Crippen LogP contribution in [0.5, 0.6) is 0 Å². The maximum atomic E-state index is 12.0. The number of benzene rings is 1. The van der Waals surface area contributed by atoms with Crippen LogP contribution in [0.2, 0.25) is 0 Å². The third-order valence-corrected chi connectivity index (χ3v) is 3.38. The molecule has 1 saturated heterocycles. The smallest absolute Gasteiger partial charge is 0.176 e. The number of Topliss-reactive ketones (excluding diaryl/α,β-unsaturated/α-hetero) is 1. The molecule has 1 heterocycles. The van der Waals surface area contributed by atoms with Crippen LogP contribution in [0.1, 0.15) is 16.8 Å². The highest BCUT2D eigenvalue weighted by atomic mass is 79.9. The van der Waals surface area contributed by atoms with Crippen molar-refractivity contribution in [2.45, 2.75) is 6.42 Å². The molecule has 0 amide bonds. The summed E-state index contributed by atoms with van der Waals surface area (Å²) in [5, 5.41) is 0. The number of halogens is 1. The summed E-state index contributed by atoms with van der Waals surface area (Å²) in [5.41, 5.74) is 0.776. The van der Waals surface area contributed by atoms with Crippen molar-refractivity contribution in [3.05, 3.63) is 34.3 Å². The Bertz CT molecular complexity index is 370. The highest BCUT2D eigenvalue weighted by Crippen LogP contribution is 2.11. The third kappa shape index (κ3) is 3.91. The Morgan fingerprint density at radius 1 is 1.24 bits per heavy atom. The molecular weight excluding hydrogens is 282 g/mol. The average molecular weight is 298 g/mol. The van der Waals surface area contributed by atoms with E-state index < -0.39 is 0 Å². The molecule has 0 aromatic heterocycles. The highest BCUT2D eigenvalue weighted by molar-refractivity contribution is 9.10. The fourth-order valence-corrected chi connectivity index (χ4v) is 2.15. The van der Waals surface area contributed by atoms with Gasteiger partial charge in [-0.15, -0.1) is 0 Å². The van der Waals surface area contributed by atoms with Crippen LogP contribution >= 0.6 is 15.9 Å². The SMILES string of the molecule is O=C(CN1CCCOCC1)c1ccc(Br)cc1. The lowest BCUT2D eigenvalue weighted by atomic mass is 10.1. The molecule has 0 N–H and O–H groups in total. The van der Waals surface area contributed by atoms with E-state index in [-0.39, 0.29) is 5.78 Å². The van der Waals surface area contributed by atoms with Crippen LogP contribution in [-0.4, -0.2) is 43.5 Å². The molecule has 17 heavy (non-hydrogen) atoms. The summed E-state index contributed by atoms with van der Waals surface area (Å²) in [4.78, 5) is 14.2. The molecule has 1 aliphatic rings. The van der Waals surface area contributed by atoms with Crippen molar-refractivity contribution < 1.29 is 9.53 Å². The second-order valence-corrected chi connectivity index (χ2v) is 5.09. The van der Waals surface area contributed by atoms with Gasteiger partial charge in [0.2, 0.25) is 0 Å². The van der Waals surface area contributed by atoms with E-state index in [0.717, 1.165) is 42.8 Å². The fourth-order valence-electron chi connectivity index (χ4n) is 1.89. The predicted molar refractivity (Wildman–Crippen MR) is 70.3 cm³/mol. The number of hydrogen-bond acceptors (Lipinski definition) is 3. The lowest BCUT2D eigenvalue weighted by Crippen LogP contribution is -2.32. The Hall–Kier alpha value is -0.710. The van der Waals surface area contributed by atoms with Crippen LogP contribution in [0, 0.1) is 0 Å². The summed E-state index contributed by atoms with van der Waals surface area (Å²) in [7, 11) is 0. The molecule has 0 aliphatic carbocycles. The Labute approximate surface area is 110 Å². The molecule has 1 aromatic rings. The molecular formula is C13H16BrNO2. The van der Waals surface area contributed by atoms with E-state index in [4.69, 9.17) is 4.74 Å². The Morgan fingerprint density at radius 3 is 2.76 bits per heavy atom. The molecule has 92 valence electrons. The van der Waals surface area contributed by atoms with Crippen molar-refractivity contribution in [3.63, 3.8) is 0 Å². The molecule has 0 spiro atoms. The Kier molecular flexibility index (Phi) is 4.71. The molecule has 1 fully saturated rings. The van der Waals surface area contributed by atoms with E-state index in [2.05, 4.69) is 20.8 Å². The van der Waals surface area contributed by atoms with Crippen molar-refractivity contribution >= 4 is 21.7 Å². The second kappa shape index (κ2) is 6.28. The molecule has 1 aliphatic heterocycles. The molecule has 0 radical (unpaired) electrons. The van der Waals surface area contributed by atoms with Gasteiger partial charge in [-0.3, -0.25) is 9.69 Å². The molecule has 0 unspecified atom stereocenters. The van der Waals surface area contributed by atoms with Crippen LogP contribution in [0.4, 0.5) is 0 Å². The average Bonchev–Trinajstić information content (AvgIpc) is 2.58.